The molecule has 27 heavy (non-hydrogen) atoms. The minimum atomic E-state index is -1.02. The minimum absolute atomic E-state index is 0.0286. The topological polar surface area (TPSA) is 75.1 Å². The first-order valence-electron chi connectivity index (χ1n) is 9.05. The standard InChI is InChI=1S/C20H24FN3O3/c1-2-22-20(23-13-17(25)15-6-3-4-7-16(15)21)24-14-8-9-18-19(12-14)27-11-5-10-26-18/h3-4,6-9,12,17,25H,2,5,10-11,13H2,1H3,(H2,22,23,24). The van der Waals surface area contributed by atoms with E-state index in [1.807, 2.05) is 25.1 Å². The smallest absolute Gasteiger partial charge is 0.195 e. The van der Waals surface area contributed by atoms with Crippen LogP contribution in [-0.2, 0) is 0 Å². The zero-order chi connectivity index (χ0) is 19.1. The molecule has 0 saturated heterocycles. The largest absolute Gasteiger partial charge is 0.490 e. The number of nitrogens with zero attached hydrogens (tertiary/aromatic N) is 1. The van der Waals surface area contributed by atoms with E-state index in [2.05, 4.69) is 15.6 Å². The Morgan fingerprint density at radius 1 is 1.19 bits per heavy atom. The monoisotopic (exact) mass is 373 g/mol. The maximum Gasteiger partial charge on any atom is 0.195 e. The van der Waals surface area contributed by atoms with Gasteiger partial charge < -0.3 is 25.2 Å². The molecule has 1 heterocycles. The lowest BCUT2D eigenvalue weighted by atomic mass is 10.1. The van der Waals surface area contributed by atoms with Gasteiger partial charge in [0.05, 0.1) is 19.8 Å². The highest BCUT2D eigenvalue weighted by molar-refractivity contribution is 5.93. The van der Waals surface area contributed by atoms with Gasteiger partial charge in [-0.1, -0.05) is 18.2 Å². The fourth-order valence-corrected chi connectivity index (χ4v) is 2.71. The van der Waals surface area contributed by atoms with Crippen LogP contribution in [0.5, 0.6) is 11.5 Å². The number of anilines is 1. The number of aliphatic imine (C=N–C) groups is 1. The molecule has 144 valence electrons. The first kappa shape index (κ1) is 19.0. The second-order valence-electron chi connectivity index (χ2n) is 6.09. The molecule has 0 amide bonds. The average molecular weight is 373 g/mol. The van der Waals surface area contributed by atoms with Crippen LogP contribution < -0.4 is 20.1 Å². The first-order valence-corrected chi connectivity index (χ1v) is 9.05. The highest BCUT2D eigenvalue weighted by Crippen LogP contribution is 2.32. The van der Waals surface area contributed by atoms with Gasteiger partial charge in [-0.3, -0.25) is 0 Å². The van der Waals surface area contributed by atoms with E-state index >= 15 is 0 Å². The van der Waals surface area contributed by atoms with Crippen LogP contribution in [0.4, 0.5) is 10.1 Å². The van der Waals surface area contributed by atoms with Crippen molar-refractivity contribution in [2.24, 2.45) is 4.99 Å². The highest BCUT2D eigenvalue weighted by atomic mass is 19.1. The summed E-state index contributed by atoms with van der Waals surface area (Å²) < 4.78 is 25.1. The van der Waals surface area contributed by atoms with Crippen LogP contribution in [0, 0.1) is 5.82 Å². The molecular weight excluding hydrogens is 349 g/mol. The molecule has 0 radical (unpaired) electrons. The van der Waals surface area contributed by atoms with Crippen molar-refractivity contribution in [3.05, 3.63) is 53.8 Å². The van der Waals surface area contributed by atoms with E-state index in [1.165, 1.54) is 6.07 Å². The third-order valence-electron chi connectivity index (χ3n) is 4.04. The van der Waals surface area contributed by atoms with Gasteiger partial charge in [0, 0.05) is 30.3 Å². The third kappa shape index (κ3) is 5.10. The van der Waals surface area contributed by atoms with Crippen molar-refractivity contribution in [3.63, 3.8) is 0 Å². The molecule has 1 unspecified atom stereocenters. The van der Waals surface area contributed by atoms with Crippen molar-refractivity contribution in [2.45, 2.75) is 19.4 Å². The van der Waals surface area contributed by atoms with E-state index in [-0.39, 0.29) is 12.1 Å². The number of aliphatic hydroxyl groups excluding tert-OH is 1. The van der Waals surface area contributed by atoms with Crippen LogP contribution in [0.3, 0.4) is 0 Å². The molecule has 2 aromatic carbocycles. The summed E-state index contributed by atoms with van der Waals surface area (Å²) in [6.07, 6.45) is -0.180. The summed E-state index contributed by atoms with van der Waals surface area (Å²) in [5, 5.41) is 16.5. The van der Waals surface area contributed by atoms with Gasteiger partial charge in [-0.25, -0.2) is 9.38 Å². The number of benzene rings is 2. The Morgan fingerprint density at radius 2 is 1.96 bits per heavy atom. The van der Waals surface area contributed by atoms with E-state index in [1.54, 1.807) is 18.2 Å². The SMILES string of the molecule is CCNC(=NCC(O)c1ccccc1F)Nc1ccc2c(c1)OCCCO2. The lowest BCUT2D eigenvalue weighted by Gasteiger charge is -2.15. The molecule has 0 aliphatic carbocycles. The van der Waals surface area contributed by atoms with Crippen LogP contribution in [-0.4, -0.2) is 37.4 Å². The minimum Gasteiger partial charge on any atom is -0.490 e. The Hall–Kier alpha value is -2.80. The van der Waals surface area contributed by atoms with Gasteiger partial charge in [0.2, 0.25) is 0 Å². The van der Waals surface area contributed by atoms with Gasteiger partial charge in [0.15, 0.2) is 17.5 Å². The average Bonchev–Trinajstić information content (AvgIpc) is 2.91. The second kappa shape index (κ2) is 9.23. The summed E-state index contributed by atoms with van der Waals surface area (Å²) in [5.74, 6) is 1.44. The summed E-state index contributed by atoms with van der Waals surface area (Å²) >= 11 is 0. The Labute approximate surface area is 158 Å². The summed E-state index contributed by atoms with van der Waals surface area (Å²) in [6, 6.07) is 11.7. The zero-order valence-electron chi connectivity index (χ0n) is 15.2. The summed E-state index contributed by atoms with van der Waals surface area (Å²) in [4.78, 5) is 4.36. The first-order chi connectivity index (χ1) is 13.2. The van der Waals surface area contributed by atoms with Gasteiger partial charge in [0.1, 0.15) is 11.9 Å². The maximum atomic E-state index is 13.8. The number of ether oxygens (including phenoxy) is 2. The normalized spacial score (nSPS) is 15.0. The number of aliphatic hydroxyl groups is 1. The lowest BCUT2D eigenvalue weighted by Crippen LogP contribution is -2.31. The van der Waals surface area contributed by atoms with E-state index in [4.69, 9.17) is 9.47 Å². The number of halogens is 1. The Bertz CT molecular complexity index is 798. The number of fused-ring (bicyclic) bond motifs is 1. The molecule has 7 heteroatoms. The Balaban J connectivity index is 1.71. The second-order valence-corrected chi connectivity index (χ2v) is 6.09. The molecular formula is C20H24FN3O3. The van der Waals surface area contributed by atoms with Crippen molar-refractivity contribution in [2.75, 3.05) is 31.6 Å². The number of hydrogen-bond donors (Lipinski definition) is 3. The van der Waals surface area contributed by atoms with Crippen molar-refractivity contribution >= 4 is 11.6 Å². The summed E-state index contributed by atoms with van der Waals surface area (Å²) in [7, 11) is 0. The summed E-state index contributed by atoms with van der Waals surface area (Å²) in [5.41, 5.74) is 1.01. The summed E-state index contributed by atoms with van der Waals surface area (Å²) in [6.45, 7) is 3.86. The van der Waals surface area contributed by atoms with E-state index in [0.29, 0.717) is 31.5 Å². The molecule has 0 saturated carbocycles. The van der Waals surface area contributed by atoms with Crippen molar-refractivity contribution in [3.8, 4) is 11.5 Å². The lowest BCUT2D eigenvalue weighted by molar-refractivity contribution is 0.182. The van der Waals surface area contributed by atoms with Crippen LogP contribution in [0.15, 0.2) is 47.5 Å². The molecule has 1 aliphatic rings. The van der Waals surface area contributed by atoms with Crippen LogP contribution in [0.2, 0.25) is 0 Å². The molecule has 3 N–H and O–H groups in total. The third-order valence-corrected chi connectivity index (χ3v) is 4.04. The molecule has 0 fully saturated rings. The van der Waals surface area contributed by atoms with Gasteiger partial charge in [-0.05, 0) is 25.1 Å². The predicted octanol–water partition coefficient (Wildman–Crippen LogP) is 3.10. The van der Waals surface area contributed by atoms with E-state index in [9.17, 15) is 9.50 Å². The number of hydrogen-bond acceptors (Lipinski definition) is 4. The fourth-order valence-electron chi connectivity index (χ4n) is 2.71. The molecule has 0 aromatic heterocycles. The van der Waals surface area contributed by atoms with Crippen LogP contribution >= 0.6 is 0 Å². The molecule has 0 bridgehead atoms. The molecule has 2 aromatic rings. The van der Waals surface area contributed by atoms with Crippen LogP contribution in [0.25, 0.3) is 0 Å². The van der Waals surface area contributed by atoms with Gasteiger partial charge in [-0.15, -0.1) is 0 Å². The molecule has 0 spiro atoms. The van der Waals surface area contributed by atoms with Crippen molar-refractivity contribution < 1.29 is 19.0 Å². The van der Waals surface area contributed by atoms with E-state index in [0.717, 1.165) is 17.9 Å². The highest BCUT2D eigenvalue weighted by Gasteiger charge is 2.13. The Morgan fingerprint density at radius 3 is 2.74 bits per heavy atom. The van der Waals surface area contributed by atoms with Gasteiger partial charge in [-0.2, -0.15) is 0 Å². The molecule has 1 aliphatic heterocycles. The van der Waals surface area contributed by atoms with Crippen molar-refractivity contribution in [1.82, 2.24) is 5.32 Å². The Kier molecular flexibility index (Phi) is 6.49. The quantitative estimate of drug-likeness (QED) is 0.555. The molecule has 3 rings (SSSR count). The fraction of sp³-hybridized carbons (Fsp3) is 0.350. The number of nitrogens with one attached hydrogen (secondary N) is 2. The molecule has 6 nitrogen and oxygen atoms in total. The number of guanidine groups is 1. The van der Waals surface area contributed by atoms with Crippen LogP contribution in [0.1, 0.15) is 25.0 Å². The van der Waals surface area contributed by atoms with E-state index < -0.39 is 11.9 Å². The maximum absolute atomic E-state index is 13.8. The predicted molar refractivity (Wildman–Crippen MR) is 103 cm³/mol. The van der Waals surface area contributed by atoms with Gasteiger partial charge >= 0.3 is 0 Å². The van der Waals surface area contributed by atoms with Gasteiger partial charge in [0.25, 0.3) is 0 Å². The molecule has 1 atom stereocenters. The zero-order valence-corrected chi connectivity index (χ0v) is 15.2. The van der Waals surface area contributed by atoms with Crippen molar-refractivity contribution in [1.29, 1.82) is 0 Å². The number of rotatable bonds is 5.